The number of nitrogens with one attached hydrogen (secondary N) is 1. The quantitative estimate of drug-likeness (QED) is 0.848. The van der Waals surface area contributed by atoms with Gasteiger partial charge in [0.1, 0.15) is 0 Å². The van der Waals surface area contributed by atoms with Crippen LogP contribution < -0.4 is 5.32 Å². The van der Waals surface area contributed by atoms with E-state index in [0.717, 1.165) is 17.9 Å². The highest BCUT2D eigenvalue weighted by Crippen LogP contribution is 2.64. The maximum absolute atomic E-state index is 3.82. The van der Waals surface area contributed by atoms with Crippen LogP contribution in [-0.2, 0) is 0 Å². The molecule has 0 aromatic carbocycles. The minimum atomic E-state index is 0.499. The lowest BCUT2D eigenvalue weighted by Gasteiger charge is -2.54. The van der Waals surface area contributed by atoms with Gasteiger partial charge in [-0.25, -0.2) is 0 Å². The second-order valence-electron chi connectivity index (χ2n) is 9.26. The van der Waals surface area contributed by atoms with Crippen molar-refractivity contribution in [3.63, 3.8) is 0 Å². The van der Waals surface area contributed by atoms with Gasteiger partial charge in [0.15, 0.2) is 0 Å². The summed E-state index contributed by atoms with van der Waals surface area (Å²) in [6, 6.07) is 2.16. The SMILES string of the molecule is CCC(C)C1CN(C2C3(C)CCC(C3)C2(C)C)C(C)CN1. The highest BCUT2D eigenvalue weighted by molar-refractivity contribution is 5.14. The summed E-state index contributed by atoms with van der Waals surface area (Å²) in [6.45, 7) is 17.3. The standard InChI is InChI=1S/C19H36N2/c1-7-13(2)16-12-21(14(3)11-20-16)17-18(4,5)15-8-9-19(17,6)10-15/h13-17,20H,7-12H2,1-6H3. The second kappa shape index (κ2) is 5.23. The smallest absolute Gasteiger partial charge is 0.0221 e. The molecule has 122 valence electrons. The van der Waals surface area contributed by atoms with Crippen molar-refractivity contribution in [1.29, 1.82) is 0 Å². The second-order valence-corrected chi connectivity index (χ2v) is 9.26. The number of hydrogen-bond acceptors (Lipinski definition) is 2. The summed E-state index contributed by atoms with van der Waals surface area (Å²) in [7, 11) is 0. The molecule has 0 amide bonds. The Morgan fingerprint density at radius 2 is 2.00 bits per heavy atom. The molecular weight excluding hydrogens is 256 g/mol. The molecular formula is C19H36N2. The fraction of sp³-hybridized carbons (Fsp3) is 1.00. The summed E-state index contributed by atoms with van der Waals surface area (Å²) in [4.78, 5) is 2.91. The molecule has 0 aromatic heterocycles. The molecule has 1 aliphatic heterocycles. The molecule has 2 heteroatoms. The first-order valence-corrected chi connectivity index (χ1v) is 9.28. The molecule has 6 unspecified atom stereocenters. The lowest BCUT2D eigenvalue weighted by molar-refractivity contribution is -0.0405. The van der Waals surface area contributed by atoms with Gasteiger partial charge in [-0.15, -0.1) is 0 Å². The largest absolute Gasteiger partial charge is 0.311 e. The van der Waals surface area contributed by atoms with Crippen molar-refractivity contribution in [2.45, 2.75) is 85.4 Å². The van der Waals surface area contributed by atoms with E-state index < -0.39 is 0 Å². The molecule has 3 fully saturated rings. The average Bonchev–Trinajstić information content (AvgIpc) is 2.91. The van der Waals surface area contributed by atoms with E-state index in [1.165, 1.54) is 38.8 Å². The predicted molar refractivity (Wildman–Crippen MR) is 90.4 cm³/mol. The lowest BCUT2D eigenvalue weighted by Crippen LogP contribution is -2.65. The van der Waals surface area contributed by atoms with E-state index in [2.05, 4.69) is 51.8 Å². The third-order valence-electron chi connectivity index (χ3n) is 7.51. The van der Waals surface area contributed by atoms with Crippen LogP contribution in [0.5, 0.6) is 0 Å². The monoisotopic (exact) mass is 292 g/mol. The zero-order valence-electron chi connectivity index (χ0n) is 15.1. The molecule has 1 saturated heterocycles. The summed E-state index contributed by atoms with van der Waals surface area (Å²) in [5, 5.41) is 3.82. The van der Waals surface area contributed by atoms with E-state index >= 15 is 0 Å². The molecule has 0 aromatic rings. The first kappa shape index (κ1) is 15.8. The third-order valence-corrected chi connectivity index (χ3v) is 7.51. The van der Waals surface area contributed by atoms with Crippen molar-refractivity contribution in [3.05, 3.63) is 0 Å². The summed E-state index contributed by atoms with van der Waals surface area (Å²) in [5.41, 5.74) is 1.07. The normalized spacial score (nSPS) is 47.7. The molecule has 21 heavy (non-hydrogen) atoms. The highest BCUT2D eigenvalue weighted by Gasteiger charge is 2.61. The fourth-order valence-electron chi connectivity index (χ4n) is 6.04. The Bertz CT molecular complexity index is 386. The van der Waals surface area contributed by atoms with Crippen LogP contribution in [0.4, 0.5) is 0 Å². The van der Waals surface area contributed by atoms with Gasteiger partial charge in [-0.1, -0.05) is 41.0 Å². The topological polar surface area (TPSA) is 15.3 Å². The molecule has 2 bridgehead atoms. The first-order valence-electron chi connectivity index (χ1n) is 9.28. The molecule has 6 atom stereocenters. The van der Waals surface area contributed by atoms with Gasteiger partial charge in [-0.3, -0.25) is 4.90 Å². The average molecular weight is 293 g/mol. The summed E-state index contributed by atoms with van der Waals surface area (Å²) in [5.74, 6) is 1.74. The van der Waals surface area contributed by atoms with Crippen molar-refractivity contribution < 1.29 is 0 Å². The van der Waals surface area contributed by atoms with Crippen molar-refractivity contribution in [3.8, 4) is 0 Å². The van der Waals surface area contributed by atoms with Crippen molar-refractivity contribution in [2.75, 3.05) is 13.1 Å². The highest BCUT2D eigenvalue weighted by atomic mass is 15.3. The first-order chi connectivity index (χ1) is 9.79. The summed E-state index contributed by atoms with van der Waals surface area (Å²) >= 11 is 0. The van der Waals surface area contributed by atoms with Crippen LogP contribution in [0.15, 0.2) is 0 Å². The van der Waals surface area contributed by atoms with Gasteiger partial charge in [0.2, 0.25) is 0 Å². The third kappa shape index (κ3) is 2.37. The van der Waals surface area contributed by atoms with Gasteiger partial charge in [0, 0.05) is 31.2 Å². The molecule has 2 aliphatic carbocycles. The number of rotatable bonds is 3. The molecule has 1 N–H and O–H groups in total. The Hall–Kier alpha value is -0.0800. The van der Waals surface area contributed by atoms with Crippen molar-refractivity contribution in [1.82, 2.24) is 10.2 Å². The summed E-state index contributed by atoms with van der Waals surface area (Å²) in [6.07, 6.45) is 5.68. The fourth-order valence-corrected chi connectivity index (χ4v) is 6.04. The molecule has 2 nitrogen and oxygen atoms in total. The summed E-state index contributed by atoms with van der Waals surface area (Å²) < 4.78 is 0. The van der Waals surface area contributed by atoms with Gasteiger partial charge >= 0.3 is 0 Å². The van der Waals surface area contributed by atoms with Gasteiger partial charge < -0.3 is 5.32 Å². The number of nitrogens with zero attached hydrogens (tertiary/aromatic N) is 1. The number of fused-ring (bicyclic) bond motifs is 2. The van der Waals surface area contributed by atoms with Gasteiger partial charge in [-0.05, 0) is 48.9 Å². The minimum absolute atomic E-state index is 0.499. The van der Waals surface area contributed by atoms with Crippen LogP contribution in [0.3, 0.4) is 0 Å². The van der Waals surface area contributed by atoms with E-state index in [1.54, 1.807) is 0 Å². The predicted octanol–water partition coefficient (Wildman–Crippen LogP) is 3.91. The van der Waals surface area contributed by atoms with Crippen molar-refractivity contribution in [2.24, 2.45) is 22.7 Å². The van der Waals surface area contributed by atoms with Gasteiger partial charge in [0.25, 0.3) is 0 Å². The minimum Gasteiger partial charge on any atom is -0.311 e. The zero-order chi connectivity index (χ0) is 15.4. The van der Waals surface area contributed by atoms with Gasteiger partial charge in [-0.2, -0.15) is 0 Å². The molecule has 1 heterocycles. The Morgan fingerprint density at radius 1 is 1.29 bits per heavy atom. The van der Waals surface area contributed by atoms with Crippen LogP contribution in [0, 0.1) is 22.7 Å². The Labute approximate surface area is 132 Å². The maximum Gasteiger partial charge on any atom is 0.0221 e. The van der Waals surface area contributed by atoms with Crippen LogP contribution >= 0.6 is 0 Å². The van der Waals surface area contributed by atoms with E-state index in [9.17, 15) is 0 Å². The Morgan fingerprint density at radius 3 is 2.57 bits per heavy atom. The van der Waals surface area contributed by atoms with E-state index in [4.69, 9.17) is 0 Å². The Balaban J connectivity index is 1.84. The molecule has 3 rings (SSSR count). The number of piperazine rings is 1. The van der Waals surface area contributed by atoms with E-state index in [-0.39, 0.29) is 0 Å². The molecule has 0 radical (unpaired) electrons. The number of hydrogen-bond donors (Lipinski definition) is 1. The van der Waals surface area contributed by atoms with Crippen LogP contribution in [0.2, 0.25) is 0 Å². The maximum atomic E-state index is 3.82. The van der Waals surface area contributed by atoms with E-state index in [0.29, 0.717) is 22.9 Å². The van der Waals surface area contributed by atoms with Crippen LogP contribution in [-0.4, -0.2) is 36.1 Å². The molecule has 3 aliphatic rings. The zero-order valence-corrected chi connectivity index (χ0v) is 15.1. The van der Waals surface area contributed by atoms with Crippen LogP contribution in [0.1, 0.15) is 67.2 Å². The molecule has 2 saturated carbocycles. The lowest BCUT2D eigenvalue weighted by atomic mass is 9.67. The van der Waals surface area contributed by atoms with Crippen LogP contribution in [0.25, 0.3) is 0 Å². The Kier molecular flexibility index (Phi) is 3.94. The molecule has 0 spiro atoms. The van der Waals surface area contributed by atoms with E-state index in [1.807, 2.05) is 0 Å². The van der Waals surface area contributed by atoms with Gasteiger partial charge in [0.05, 0.1) is 0 Å². The van der Waals surface area contributed by atoms with Crippen molar-refractivity contribution >= 4 is 0 Å².